The highest BCUT2D eigenvalue weighted by atomic mass is 16.5. The van der Waals surface area contributed by atoms with Crippen LogP contribution in [-0.2, 0) is 16.1 Å². The van der Waals surface area contributed by atoms with Crippen molar-refractivity contribution in [3.05, 3.63) is 64.7 Å². The molecule has 3 aromatic rings. The van der Waals surface area contributed by atoms with E-state index in [1.165, 1.54) is 10.9 Å². The number of hydrogen-bond acceptors (Lipinski definition) is 6. The van der Waals surface area contributed by atoms with Crippen LogP contribution in [0.4, 0.5) is 0 Å². The smallest absolute Gasteiger partial charge is 0.279 e. The largest absolute Gasteiger partial charge is 0.494 e. The minimum absolute atomic E-state index is 0.00663. The van der Waals surface area contributed by atoms with E-state index in [2.05, 4.69) is 15.8 Å². The molecule has 168 valence electrons. The van der Waals surface area contributed by atoms with Gasteiger partial charge < -0.3 is 9.47 Å². The van der Waals surface area contributed by atoms with E-state index in [0.717, 1.165) is 5.56 Å². The van der Waals surface area contributed by atoms with Gasteiger partial charge in [-0.05, 0) is 56.7 Å². The molecule has 0 aliphatic carbocycles. The molecule has 0 aliphatic heterocycles. The summed E-state index contributed by atoms with van der Waals surface area (Å²) in [6.07, 6.45) is 0.590. The standard InChI is InChI=1S/C23H26N4O5/c1-4-31-17-8-10-18(11-9-17)32-16(3)22(29)26-25-20(28)12-13-27-14-24-21-15(2)6-5-7-19(21)23(27)30/h5-11,14,16H,4,12-13H2,1-3H3,(H,25,28)(H,26,29)/t16-/m1/s1. The summed E-state index contributed by atoms with van der Waals surface area (Å²) in [7, 11) is 0. The van der Waals surface area contributed by atoms with Crippen molar-refractivity contribution in [2.45, 2.75) is 39.8 Å². The predicted molar refractivity (Wildman–Crippen MR) is 119 cm³/mol. The van der Waals surface area contributed by atoms with Gasteiger partial charge in [0.1, 0.15) is 11.5 Å². The molecule has 2 amide bonds. The fraction of sp³-hybridized carbons (Fsp3) is 0.304. The molecule has 1 atom stereocenters. The molecular formula is C23H26N4O5. The van der Waals surface area contributed by atoms with Crippen LogP contribution in [0.15, 0.2) is 53.6 Å². The summed E-state index contributed by atoms with van der Waals surface area (Å²) >= 11 is 0. The molecule has 0 spiro atoms. The zero-order chi connectivity index (χ0) is 23.1. The third-order valence-electron chi connectivity index (χ3n) is 4.78. The number of carbonyl (C=O) groups excluding carboxylic acids is 2. The van der Waals surface area contributed by atoms with Crippen LogP contribution in [0.3, 0.4) is 0 Å². The van der Waals surface area contributed by atoms with Crippen LogP contribution in [0.1, 0.15) is 25.8 Å². The monoisotopic (exact) mass is 438 g/mol. The first-order valence-corrected chi connectivity index (χ1v) is 10.3. The third-order valence-corrected chi connectivity index (χ3v) is 4.78. The molecule has 0 aliphatic rings. The first kappa shape index (κ1) is 22.8. The quantitative estimate of drug-likeness (QED) is 0.521. The molecule has 2 aromatic carbocycles. The lowest BCUT2D eigenvalue weighted by atomic mass is 10.1. The SMILES string of the molecule is CCOc1ccc(O[C@H](C)C(=O)NNC(=O)CCn2cnc3c(C)cccc3c2=O)cc1. The number of aryl methyl sites for hydroxylation is 2. The second kappa shape index (κ2) is 10.4. The van der Waals surface area contributed by atoms with Gasteiger partial charge in [0.05, 0.1) is 23.8 Å². The first-order valence-electron chi connectivity index (χ1n) is 10.3. The minimum Gasteiger partial charge on any atom is -0.494 e. The number of rotatable bonds is 8. The maximum atomic E-state index is 12.6. The summed E-state index contributed by atoms with van der Waals surface area (Å²) in [5.41, 5.74) is 6.01. The van der Waals surface area contributed by atoms with E-state index in [1.807, 2.05) is 19.9 Å². The van der Waals surface area contributed by atoms with Crippen molar-refractivity contribution in [2.24, 2.45) is 0 Å². The molecule has 9 heteroatoms. The average Bonchev–Trinajstić information content (AvgIpc) is 2.79. The van der Waals surface area contributed by atoms with Gasteiger partial charge in [-0.25, -0.2) is 4.98 Å². The summed E-state index contributed by atoms with van der Waals surface area (Å²) in [5, 5.41) is 0.501. The number of aromatic nitrogens is 2. The van der Waals surface area contributed by atoms with Crippen molar-refractivity contribution in [1.29, 1.82) is 0 Å². The van der Waals surface area contributed by atoms with Crippen molar-refractivity contribution in [2.75, 3.05) is 6.61 Å². The number of benzene rings is 2. The Hall–Kier alpha value is -3.88. The summed E-state index contributed by atoms with van der Waals surface area (Å²) in [4.78, 5) is 41.2. The van der Waals surface area contributed by atoms with E-state index in [4.69, 9.17) is 9.47 Å². The van der Waals surface area contributed by atoms with Gasteiger partial charge in [0.25, 0.3) is 11.5 Å². The Morgan fingerprint density at radius 2 is 1.81 bits per heavy atom. The van der Waals surface area contributed by atoms with Gasteiger partial charge in [-0.15, -0.1) is 0 Å². The predicted octanol–water partition coefficient (Wildman–Crippen LogP) is 2.11. The molecule has 0 bridgehead atoms. The number of ether oxygens (including phenoxy) is 2. The fourth-order valence-electron chi connectivity index (χ4n) is 3.05. The molecule has 1 heterocycles. The molecule has 1 aromatic heterocycles. The molecule has 0 radical (unpaired) electrons. The van der Waals surface area contributed by atoms with Gasteiger partial charge in [0.15, 0.2) is 6.10 Å². The summed E-state index contributed by atoms with van der Waals surface area (Å²) in [6.45, 7) is 6.04. The molecule has 3 rings (SSSR count). The molecule has 9 nitrogen and oxygen atoms in total. The number of amides is 2. The van der Waals surface area contributed by atoms with Gasteiger partial charge in [0.2, 0.25) is 5.91 Å². The maximum Gasteiger partial charge on any atom is 0.279 e. The lowest BCUT2D eigenvalue weighted by Crippen LogP contribution is -2.47. The second-order valence-corrected chi connectivity index (χ2v) is 7.17. The highest BCUT2D eigenvalue weighted by Gasteiger charge is 2.16. The Bertz CT molecular complexity index is 1160. The van der Waals surface area contributed by atoms with E-state index in [1.54, 1.807) is 43.3 Å². The third kappa shape index (κ3) is 5.63. The van der Waals surface area contributed by atoms with E-state index in [-0.39, 0.29) is 18.5 Å². The summed E-state index contributed by atoms with van der Waals surface area (Å²) in [5.74, 6) is 0.260. The van der Waals surface area contributed by atoms with E-state index in [0.29, 0.717) is 29.0 Å². The molecule has 32 heavy (non-hydrogen) atoms. The molecular weight excluding hydrogens is 412 g/mol. The zero-order valence-electron chi connectivity index (χ0n) is 18.3. The average molecular weight is 438 g/mol. The van der Waals surface area contributed by atoms with E-state index < -0.39 is 17.9 Å². The van der Waals surface area contributed by atoms with Crippen molar-refractivity contribution >= 4 is 22.7 Å². The van der Waals surface area contributed by atoms with Crippen LogP contribution in [0.2, 0.25) is 0 Å². The number of nitrogens with one attached hydrogen (secondary N) is 2. The van der Waals surface area contributed by atoms with Crippen molar-refractivity contribution in [3.63, 3.8) is 0 Å². The molecule has 0 fully saturated rings. The lowest BCUT2D eigenvalue weighted by molar-refractivity contribution is -0.132. The Morgan fingerprint density at radius 3 is 2.53 bits per heavy atom. The van der Waals surface area contributed by atoms with Gasteiger partial charge in [-0.1, -0.05) is 12.1 Å². The van der Waals surface area contributed by atoms with Crippen LogP contribution in [-0.4, -0.2) is 34.1 Å². The van der Waals surface area contributed by atoms with Gasteiger partial charge in [-0.2, -0.15) is 0 Å². The summed E-state index contributed by atoms with van der Waals surface area (Å²) < 4.78 is 12.3. The van der Waals surface area contributed by atoms with Crippen LogP contribution < -0.4 is 25.9 Å². The highest BCUT2D eigenvalue weighted by Crippen LogP contribution is 2.18. The van der Waals surface area contributed by atoms with Gasteiger partial charge in [0, 0.05) is 13.0 Å². The molecule has 0 saturated carbocycles. The molecule has 0 saturated heterocycles. The number of hydrogen-bond donors (Lipinski definition) is 2. The van der Waals surface area contributed by atoms with E-state index in [9.17, 15) is 14.4 Å². The molecule has 2 N–H and O–H groups in total. The maximum absolute atomic E-state index is 12.6. The van der Waals surface area contributed by atoms with Crippen LogP contribution in [0, 0.1) is 6.92 Å². The number of para-hydroxylation sites is 1. The highest BCUT2D eigenvalue weighted by molar-refractivity contribution is 5.84. The first-order chi connectivity index (χ1) is 15.4. The van der Waals surface area contributed by atoms with Gasteiger partial charge in [-0.3, -0.25) is 29.8 Å². The second-order valence-electron chi connectivity index (χ2n) is 7.17. The zero-order valence-corrected chi connectivity index (χ0v) is 18.3. The number of fused-ring (bicyclic) bond motifs is 1. The van der Waals surface area contributed by atoms with E-state index >= 15 is 0 Å². The Labute approximate surface area is 185 Å². The van der Waals surface area contributed by atoms with Crippen molar-refractivity contribution in [3.8, 4) is 11.5 Å². The lowest BCUT2D eigenvalue weighted by Gasteiger charge is -2.15. The number of carbonyl (C=O) groups is 2. The molecule has 0 unspecified atom stereocenters. The van der Waals surface area contributed by atoms with Crippen LogP contribution >= 0.6 is 0 Å². The normalized spacial score (nSPS) is 11.6. The van der Waals surface area contributed by atoms with Crippen LogP contribution in [0.25, 0.3) is 10.9 Å². The summed E-state index contributed by atoms with van der Waals surface area (Å²) in [6, 6.07) is 12.3. The minimum atomic E-state index is -0.830. The fourth-order valence-corrected chi connectivity index (χ4v) is 3.05. The Balaban J connectivity index is 1.48. The van der Waals surface area contributed by atoms with Crippen molar-refractivity contribution < 1.29 is 19.1 Å². The van der Waals surface area contributed by atoms with Crippen LogP contribution in [0.5, 0.6) is 11.5 Å². The Kier molecular flexibility index (Phi) is 7.43. The topological polar surface area (TPSA) is 112 Å². The number of nitrogens with zero attached hydrogens (tertiary/aromatic N) is 2. The van der Waals surface area contributed by atoms with Gasteiger partial charge >= 0.3 is 0 Å². The van der Waals surface area contributed by atoms with Crippen molar-refractivity contribution in [1.82, 2.24) is 20.4 Å². The number of hydrazine groups is 1. The Morgan fingerprint density at radius 1 is 1.09 bits per heavy atom.